The lowest BCUT2D eigenvalue weighted by atomic mass is 10.1. The zero-order valence-corrected chi connectivity index (χ0v) is 16.6. The van der Waals surface area contributed by atoms with E-state index in [-0.39, 0.29) is 36.7 Å². The Kier molecular flexibility index (Phi) is 9.14. The van der Waals surface area contributed by atoms with Crippen LogP contribution < -0.4 is 21.7 Å². The van der Waals surface area contributed by atoms with Crippen molar-refractivity contribution >= 4 is 41.5 Å². The predicted octanol–water partition coefficient (Wildman–Crippen LogP) is 2.40. The van der Waals surface area contributed by atoms with Gasteiger partial charge in [-0.15, -0.1) is 12.4 Å². The molecule has 0 aliphatic carbocycles. The summed E-state index contributed by atoms with van der Waals surface area (Å²) in [6.45, 7) is 3.45. The van der Waals surface area contributed by atoms with Gasteiger partial charge in [0, 0.05) is 5.56 Å². The molecular weight excluding hydrogens is 380 g/mol. The summed E-state index contributed by atoms with van der Waals surface area (Å²) in [4.78, 5) is 36.3. The first-order chi connectivity index (χ1) is 12.9. The standard InChI is InChI=1S/C20H24N4O3.ClH/c1-13(2)18(21)20(27)22-12-17(25)23-15-10-6-7-11-16(15)24-19(26)14-8-4-3-5-9-14;/h3-11,13,18H,12,21H2,1-2H3,(H,22,27)(H,23,25)(H,24,26);1H/t18-;/m0./s1. The molecule has 1 atom stereocenters. The van der Waals surface area contributed by atoms with E-state index in [0.717, 1.165) is 0 Å². The van der Waals surface area contributed by atoms with Crippen LogP contribution in [0.15, 0.2) is 54.6 Å². The van der Waals surface area contributed by atoms with Gasteiger partial charge in [-0.05, 0) is 30.2 Å². The molecule has 28 heavy (non-hydrogen) atoms. The second-order valence-electron chi connectivity index (χ2n) is 6.40. The summed E-state index contributed by atoms with van der Waals surface area (Å²) in [7, 11) is 0. The third kappa shape index (κ3) is 6.68. The topological polar surface area (TPSA) is 113 Å². The van der Waals surface area contributed by atoms with Crippen LogP contribution in [0.3, 0.4) is 0 Å². The lowest BCUT2D eigenvalue weighted by molar-refractivity contribution is -0.125. The molecule has 0 saturated heterocycles. The van der Waals surface area contributed by atoms with Crippen molar-refractivity contribution in [1.82, 2.24) is 5.32 Å². The Morgan fingerprint density at radius 2 is 1.43 bits per heavy atom. The van der Waals surface area contributed by atoms with Crippen LogP contribution in [0.5, 0.6) is 0 Å². The molecule has 0 spiro atoms. The first-order valence-electron chi connectivity index (χ1n) is 8.67. The zero-order valence-electron chi connectivity index (χ0n) is 15.8. The molecule has 2 aromatic carbocycles. The number of nitrogens with one attached hydrogen (secondary N) is 3. The summed E-state index contributed by atoms with van der Waals surface area (Å²) >= 11 is 0. The van der Waals surface area contributed by atoms with Gasteiger partial charge < -0.3 is 21.7 Å². The maximum Gasteiger partial charge on any atom is 0.255 e. The number of hydrogen-bond acceptors (Lipinski definition) is 4. The molecule has 150 valence electrons. The number of nitrogens with two attached hydrogens (primary N) is 1. The molecule has 2 aromatic rings. The fraction of sp³-hybridized carbons (Fsp3) is 0.250. The van der Waals surface area contributed by atoms with Gasteiger partial charge in [-0.3, -0.25) is 14.4 Å². The molecule has 0 heterocycles. The Morgan fingerprint density at radius 1 is 0.893 bits per heavy atom. The van der Waals surface area contributed by atoms with Crippen LogP contribution >= 0.6 is 12.4 Å². The average molecular weight is 405 g/mol. The minimum atomic E-state index is -0.671. The zero-order chi connectivity index (χ0) is 19.8. The maximum absolute atomic E-state index is 12.3. The van der Waals surface area contributed by atoms with E-state index in [4.69, 9.17) is 5.73 Å². The molecule has 0 radical (unpaired) electrons. The van der Waals surface area contributed by atoms with Gasteiger partial charge in [0.15, 0.2) is 0 Å². The number of halogens is 1. The normalized spacial score (nSPS) is 11.1. The van der Waals surface area contributed by atoms with Gasteiger partial charge in [0.05, 0.1) is 24.0 Å². The van der Waals surface area contributed by atoms with Crippen molar-refractivity contribution in [2.75, 3.05) is 17.2 Å². The Bertz CT molecular complexity index is 812. The number of hydrogen-bond donors (Lipinski definition) is 4. The maximum atomic E-state index is 12.3. The molecule has 0 aliphatic rings. The third-order valence-electron chi connectivity index (χ3n) is 3.93. The van der Waals surface area contributed by atoms with E-state index < -0.39 is 11.9 Å². The minimum Gasteiger partial charge on any atom is -0.346 e. The molecule has 0 unspecified atom stereocenters. The molecule has 7 nitrogen and oxygen atoms in total. The van der Waals surface area contributed by atoms with E-state index in [1.807, 2.05) is 19.9 Å². The van der Waals surface area contributed by atoms with E-state index in [0.29, 0.717) is 16.9 Å². The SMILES string of the molecule is CC(C)[C@H](N)C(=O)NCC(=O)Nc1ccccc1NC(=O)c1ccccc1.Cl. The van der Waals surface area contributed by atoms with Crippen molar-refractivity contribution in [1.29, 1.82) is 0 Å². The van der Waals surface area contributed by atoms with Crippen LogP contribution in [-0.2, 0) is 9.59 Å². The summed E-state index contributed by atoms with van der Waals surface area (Å²) < 4.78 is 0. The van der Waals surface area contributed by atoms with Crippen molar-refractivity contribution < 1.29 is 14.4 Å². The number of carbonyl (C=O) groups is 3. The molecular formula is C20H25ClN4O3. The highest BCUT2D eigenvalue weighted by Gasteiger charge is 2.18. The largest absolute Gasteiger partial charge is 0.346 e. The molecule has 0 bridgehead atoms. The van der Waals surface area contributed by atoms with Gasteiger partial charge in [-0.25, -0.2) is 0 Å². The highest BCUT2D eigenvalue weighted by atomic mass is 35.5. The van der Waals surface area contributed by atoms with E-state index in [9.17, 15) is 14.4 Å². The Morgan fingerprint density at radius 3 is 2.00 bits per heavy atom. The number of rotatable bonds is 7. The van der Waals surface area contributed by atoms with E-state index in [1.54, 1.807) is 48.5 Å². The fourth-order valence-corrected chi connectivity index (χ4v) is 2.27. The van der Waals surface area contributed by atoms with Crippen LogP contribution in [0.1, 0.15) is 24.2 Å². The molecule has 0 fully saturated rings. The summed E-state index contributed by atoms with van der Waals surface area (Å²) in [5, 5.41) is 7.96. The van der Waals surface area contributed by atoms with E-state index in [1.165, 1.54) is 0 Å². The van der Waals surface area contributed by atoms with Crippen molar-refractivity contribution in [3.63, 3.8) is 0 Å². The second-order valence-corrected chi connectivity index (χ2v) is 6.40. The third-order valence-corrected chi connectivity index (χ3v) is 3.93. The monoisotopic (exact) mass is 404 g/mol. The summed E-state index contributed by atoms with van der Waals surface area (Å²) in [5.74, 6) is -1.11. The minimum absolute atomic E-state index is 0. The molecule has 3 amide bonds. The molecule has 0 saturated carbocycles. The van der Waals surface area contributed by atoms with Crippen LogP contribution in [-0.4, -0.2) is 30.3 Å². The van der Waals surface area contributed by atoms with Crippen molar-refractivity contribution in [2.45, 2.75) is 19.9 Å². The van der Waals surface area contributed by atoms with Gasteiger partial charge in [-0.1, -0.05) is 44.2 Å². The number of amides is 3. The van der Waals surface area contributed by atoms with Crippen LogP contribution in [0.25, 0.3) is 0 Å². The molecule has 2 rings (SSSR count). The average Bonchev–Trinajstić information content (AvgIpc) is 2.67. The van der Waals surface area contributed by atoms with Crippen LogP contribution in [0, 0.1) is 5.92 Å². The van der Waals surface area contributed by atoms with Gasteiger partial charge >= 0.3 is 0 Å². The smallest absolute Gasteiger partial charge is 0.255 e. The molecule has 0 aromatic heterocycles. The van der Waals surface area contributed by atoms with Crippen molar-refractivity contribution in [2.24, 2.45) is 11.7 Å². The molecule has 0 aliphatic heterocycles. The van der Waals surface area contributed by atoms with E-state index in [2.05, 4.69) is 16.0 Å². The van der Waals surface area contributed by atoms with E-state index >= 15 is 0 Å². The Hall–Kier alpha value is -2.90. The molecule has 8 heteroatoms. The lowest BCUT2D eigenvalue weighted by Crippen LogP contribution is -2.46. The quantitative estimate of drug-likeness (QED) is 0.567. The van der Waals surface area contributed by atoms with Crippen LogP contribution in [0.2, 0.25) is 0 Å². The Labute approximate surface area is 170 Å². The highest BCUT2D eigenvalue weighted by molar-refractivity contribution is 6.07. The summed E-state index contributed by atoms with van der Waals surface area (Å²) in [6, 6.07) is 14.9. The first kappa shape index (κ1) is 23.1. The van der Waals surface area contributed by atoms with Crippen molar-refractivity contribution in [3.8, 4) is 0 Å². The van der Waals surface area contributed by atoms with Crippen LogP contribution in [0.4, 0.5) is 11.4 Å². The Balaban J connectivity index is 0.00000392. The number of anilines is 2. The highest BCUT2D eigenvalue weighted by Crippen LogP contribution is 2.21. The first-order valence-corrected chi connectivity index (χ1v) is 8.67. The number of para-hydroxylation sites is 2. The van der Waals surface area contributed by atoms with Gasteiger partial charge in [-0.2, -0.15) is 0 Å². The second kappa shape index (κ2) is 11.1. The van der Waals surface area contributed by atoms with Crippen molar-refractivity contribution in [3.05, 3.63) is 60.2 Å². The van der Waals surface area contributed by atoms with Gasteiger partial charge in [0.1, 0.15) is 0 Å². The number of carbonyl (C=O) groups excluding carboxylic acids is 3. The number of benzene rings is 2. The lowest BCUT2D eigenvalue weighted by Gasteiger charge is -2.16. The van der Waals surface area contributed by atoms with Gasteiger partial charge in [0.25, 0.3) is 5.91 Å². The molecule has 5 N–H and O–H groups in total. The van der Waals surface area contributed by atoms with Gasteiger partial charge in [0.2, 0.25) is 11.8 Å². The summed E-state index contributed by atoms with van der Waals surface area (Å²) in [5.41, 5.74) is 7.15. The predicted molar refractivity (Wildman–Crippen MR) is 113 cm³/mol. The summed E-state index contributed by atoms with van der Waals surface area (Å²) in [6.07, 6.45) is 0. The fourth-order valence-electron chi connectivity index (χ4n) is 2.27.